The van der Waals surface area contributed by atoms with E-state index in [2.05, 4.69) is 30.4 Å². The fourth-order valence-corrected chi connectivity index (χ4v) is 3.45. The van der Waals surface area contributed by atoms with Gasteiger partial charge in [-0.1, -0.05) is 18.6 Å². The van der Waals surface area contributed by atoms with Gasteiger partial charge in [0, 0.05) is 59.2 Å². The molecule has 0 radical (unpaired) electrons. The van der Waals surface area contributed by atoms with Gasteiger partial charge in [0.2, 0.25) is 0 Å². The minimum absolute atomic E-state index is 0.00774. The minimum Gasteiger partial charge on any atom is -0.356 e. The van der Waals surface area contributed by atoms with E-state index in [0.29, 0.717) is 12.1 Å². The van der Waals surface area contributed by atoms with Crippen molar-refractivity contribution in [3.8, 4) is 0 Å². The summed E-state index contributed by atoms with van der Waals surface area (Å²) in [5, 5.41) is 15.4. The Bertz CT molecular complexity index is 839. The molecular weight excluding hydrogens is 366 g/mol. The third-order valence-electron chi connectivity index (χ3n) is 5.12. The number of fused-ring (bicyclic) bond motifs is 1. The van der Waals surface area contributed by atoms with Crippen LogP contribution in [0.2, 0.25) is 0 Å². The van der Waals surface area contributed by atoms with Gasteiger partial charge < -0.3 is 20.1 Å². The van der Waals surface area contributed by atoms with Gasteiger partial charge in [0.1, 0.15) is 11.6 Å². The largest absolute Gasteiger partial charge is 0.356 e. The number of amides is 1. The van der Waals surface area contributed by atoms with E-state index in [4.69, 9.17) is 0 Å². The van der Waals surface area contributed by atoms with Crippen LogP contribution in [0.25, 0.3) is 0 Å². The maximum absolute atomic E-state index is 12.0. The van der Waals surface area contributed by atoms with Crippen molar-refractivity contribution in [1.29, 1.82) is 0 Å². The van der Waals surface area contributed by atoms with E-state index in [1.807, 2.05) is 24.3 Å². The van der Waals surface area contributed by atoms with Crippen LogP contribution >= 0.6 is 0 Å². The van der Waals surface area contributed by atoms with Gasteiger partial charge >= 0.3 is 0 Å². The summed E-state index contributed by atoms with van der Waals surface area (Å²) in [5.41, 5.74) is 1.78. The third-order valence-corrected chi connectivity index (χ3v) is 5.12. The molecule has 0 aliphatic carbocycles. The summed E-state index contributed by atoms with van der Waals surface area (Å²) in [6.07, 6.45) is 5.52. The van der Waals surface area contributed by atoms with Crippen LogP contribution in [0.15, 0.2) is 29.3 Å². The summed E-state index contributed by atoms with van der Waals surface area (Å²) in [6, 6.07) is 7.63. The molecule has 1 amide bonds. The predicted molar refractivity (Wildman–Crippen MR) is 114 cm³/mol. The number of benzene rings is 1. The van der Waals surface area contributed by atoms with Crippen LogP contribution in [-0.2, 0) is 25.9 Å². The molecule has 1 aliphatic rings. The average Bonchev–Trinajstić information content (AvgIpc) is 2.96. The maximum atomic E-state index is 12.0. The number of carbonyl (C=O) groups excluding carboxylic acids is 1. The van der Waals surface area contributed by atoms with Crippen molar-refractivity contribution in [3.05, 3.63) is 47.0 Å². The lowest BCUT2D eigenvalue weighted by molar-refractivity contribution is 0.0827. The maximum Gasteiger partial charge on any atom is 0.253 e. The number of hydrogen-bond acceptors (Lipinski definition) is 4. The molecule has 1 aromatic heterocycles. The Hall–Kier alpha value is -2.90. The summed E-state index contributed by atoms with van der Waals surface area (Å²) < 4.78 is 2.28. The number of aliphatic imine (C=N–C) groups is 1. The van der Waals surface area contributed by atoms with E-state index in [1.165, 1.54) is 19.3 Å². The number of guanidine groups is 1. The van der Waals surface area contributed by atoms with Crippen LogP contribution in [-0.4, -0.2) is 59.2 Å². The van der Waals surface area contributed by atoms with Crippen LogP contribution in [0.5, 0.6) is 0 Å². The van der Waals surface area contributed by atoms with Crippen LogP contribution in [0.3, 0.4) is 0 Å². The molecule has 2 aromatic rings. The quantitative estimate of drug-likeness (QED) is 0.571. The second-order valence-electron chi connectivity index (χ2n) is 7.49. The molecule has 0 unspecified atom stereocenters. The van der Waals surface area contributed by atoms with Crippen molar-refractivity contribution in [3.63, 3.8) is 0 Å². The highest BCUT2D eigenvalue weighted by molar-refractivity contribution is 5.93. The summed E-state index contributed by atoms with van der Waals surface area (Å²) in [6.45, 7) is 2.40. The lowest BCUT2D eigenvalue weighted by atomic mass is 10.1. The lowest BCUT2D eigenvalue weighted by Crippen LogP contribution is -2.38. The van der Waals surface area contributed by atoms with E-state index >= 15 is 0 Å². The highest BCUT2D eigenvalue weighted by atomic mass is 16.2. The van der Waals surface area contributed by atoms with Gasteiger partial charge in [-0.2, -0.15) is 0 Å². The smallest absolute Gasteiger partial charge is 0.253 e. The van der Waals surface area contributed by atoms with Gasteiger partial charge in [-0.15, -0.1) is 10.2 Å². The highest BCUT2D eigenvalue weighted by Crippen LogP contribution is 2.14. The molecule has 29 heavy (non-hydrogen) atoms. The molecule has 1 aliphatic heterocycles. The van der Waals surface area contributed by atoms with Crippen molar-refractivity contribution < 1.29 is 4.79 Å². The highest BCUT2D eigenvalue weighted by Gasteiger charge is 2.14. The zero-order chi connectivity index (χ0) is 20.6. The van der Waals surface area contributed by atoms with Crippen molar-refractivity contribution in [1.82, 2.24) is 30.3 Å². The minimum atomic E-state index is 0.00774. The van der Waals surface area contributed by atoms with E-state index in [1.54, 1.807) is 26.0 Å². The van der Waals surface area contributed by atoms with Crippen molar-refractivity contribution >= 4 is 11.9 Å². The number of nitrogens with zero attached hydrogens (tertiary/aromatic N) is 5. The Morgan fingerprint density at radius 3 is 2.66 bits per heavy atom. The first-order valence-corrected chi connectivity index (χ1v) is 10.2. The van der Waals surface area contributed by atoms with Gasteiger partial charge in [0.15, 0.2) is 5.96 Å². The number of rotatable bonds is 6. The molecule has 2 N–H and O–H groups in total. The Morgan fingerprint density at radius 2 is 1.93 bits per heavy atom. The van der Waals surface area contributed by atoms with Crippen LogP contribution in [0.1, 0.15) is 46.8 Å². The Balaban J connectivity index is 1.46. The number of carbonyl (C=O) groups is 1. The number of hydrogen-bond donors (Lipinski definition) is 2. The summed E-state index contributed by atoms with van der Waals surface area (Å²) in [7, 11) is 5.27. The molecule has 3 rings (SSSR count). The van der Waals surface area contributed by atoms with Crippen LogP contribution in [0, 0.1) is 0 Å². The van der Waals surface area contributed by atoms with Crippen molar-refractivity contribution in [2.45, 2.75) is 45.2 Å². The summed E-state index contributed by atoms with van der Waals surface area (Å²) >= 11 is 0. The number of nitrogens with one attached hydrogen (secondary N) is 2. The van der Waals surface area contributed by atoms with Gasteiger partial charge in [0.05, 0.1) is 0 Å². The molecule has 0 fully saturated rings. The van der Waals surface area contributed by atoms with Gasteiger partial charge in [-0.3, -0.25) is 9.79 Å². The Kier molecular flexibility index (Phi) is 7.21. The average molecular weight is 398 g/mol. The third kappa shape index (κ3) is 5.56. The zero-order valence-corrected chi connectivity index (χ0v) is 17.6. The van der Waals surface area contributed by atoms with E-state index < -0.39 is 0 Å². The second kappa shape index (κ2) is 10.0. The van der Waals surface area contributed by atoms with E-state index in [-0.39, 0.29) is 5.91 Å². The first-order valence-electron chi connectivity index (χ1n) is 10.2. The normalized spacial score (nSPS) is 14.1. The first-order chi connectivity index (χ1) is 14.1. The molecule has 0 saturated carbocycles. The van der Waals surface area contributed by atoms with Crippen LogP contribution < -0.4 is 10.6 Å². The first kappa shape index (κ1) is 20.8. The van der Waals surface area contributed by atoms with Gasteiger partial charge in [-0.25, -0.2) is 0 Å². The van der Waals surface area contributed by atoms with Crippen molar-refractivity contribution in [2.24, 2.45) is 4.99 Å². The molecule has 0 spiro atoms. The Morgan fingerprint density at radius 1 is 1.14 bits per heavy atom. The fourth-order valence-electron chi connectivity index (χ4n) is 3.45. The topological polar surface area (TPSA) is 87.4 Å². The molecule has 1 aromatic carbocycles. The van der Waals surface area contributed by atoms with E-state index in [9.17, 15) is 4.79 Å². The molecule has 2 heterocycles. The Labute approximate surface area is 172 Å². The van der Waals surface area contributed by atoms with E-state index in [0.717, 1.165) is 49.1 Å². The van der Waals surface area contributed by atoms with Crippen molar-refractivity contribution in [2.75, 3.05) is 27.7 Å². The summed E-state index contributed by atoms with van der Waals surface area (Å²) in [4.78, 5) is 17.8. The number of aromatic nitrogens is 3. The SMILES string of the molecule is CN=C(NCCc1nnc2n1CCCCC2)NCc1ccc(C(=O)N(C)C)cc1. The molecule has 156 valence electrons. The summed E-state index contributed by atoms with van der Waals surface area (Å²) in [5.74, 6) is 2.92. The second-order valence-corrected chi connectivity index (χ2v) is 7.49. The number of aryl methyl sites for hydroxylation is 1. The molecule has 8 heteroatoms. The molecule has 0 atom stereocenters. The monoisotopic (exact) mass is 397 g/mol. The molecular formula is C21H31N7O. The molecule has 0 saturated heterocycles. The fraction of sp³-hybridized carbons (Fsp3) is 0.524. The molecule has 0 bridgehead atoms. The standard InChI is InChI=1S/C21H31N7O/c1-22-21(24-15-16-8-10-17(11-9-16)20(29)27(2)3)23-13-12-19-26-25-18-7-5-4-6-14-28(18)19/h8-11H,4-7,12-15H2,1-3H3,(H2,22,23,24). The van der Waals surface area contributed by atoms with Gasteiger partial charge in [-0.05, 0) is 30.5 Å². The molecule has 8 nitrogen and oxygen atoms in total. The van der Waals surface area contributed by atoms with Gasteiger partial charge in [0.25, 0.3) is 5.91 Å². The lowest BCUT2D eigenvalue weighted by Gasteiger charge is -2.13. The van der Waals surface area contributed by atoms with Crippen LogP contribution in [0.4, 0.5) is 0 Å². The zero-order valence-electron chi connectivity index (χ0n) is 17.6. The predicted octanol–water partition coefficient (Wildman–Crippen LogP) is 1.61.